The third kappa shape index (κ3) is 2.39. The van der Waals surface area contributed by atoms with E-state index in [1.54, 1.807) is 28.6 Å². The molecule has 1 aromatic carbocycles. The van der Waals surface area contributed by atoms with Gasteiger partial charge in [0.05, 0.1) is 17.4 Å². The molecule has 23 heavy (non-hydrogen) atoms. The Labute approximate surface area is 138 Å². The van der Waals surface area contributed by atoms with E-state index in [0.717, 1.165) is 16.3 Å². The van der Waals surface area contributed by atoms with Crippen molar-refractivity contribution in [1.29, 1.82) is 0 Å². The van der Waals surface area contributed by atoms with E-state index in [2.05, 4.69) is 29.4 Å². The molecule has 0 saturated heterocycles. The zero-order valence-corrected chi connectivity index (χ0v) is 13.4. The average molecular weight is 321 g/mol. The number of carbonyl (C=O) groups is 1. The van der Waals surface area contributed by atoms with Gasteiger partial charge in [0.1, 0.15) is 6.17 Å². The Hall–Kier alpha value is -2.66. The molecule has 1 aliphatic heterocycles. The molecule has 5 heteroatoms. The van der Waals surface area contributed by atoms with Crippen LogP contribution in [-0.2, 0) is 0 Å². The highest BCUT2D eigenvalue weighted by Crippen LogP contribution is 2.38. The quantitative estimate of drug-likeness (QED) is 0.768. The Bertz CT molecular complexity index is 859. The first-order chi connectivity index (χ1) is 11.2. The first kappa shape index (κ1) is 14.0. The van der Waals surface area contributed by atoms with Gasteiger partial charge in [-0.3, -0.25) is 14.7 Å². The van der Waals surface area contributed by atoms with Gasteiger partial charge in [-0.05, 0) is 43.3 Å². The van der Waals surface area contributed by atoms with Gasteiger partial charge in [0.25, 0.3) is 5.91 Å². The molecule has 0 fully saturated rings. The second kappa shape index (κ2) is 5.52. The second-order valence-corrected chi connectivity index (χ2v) is 6.75. The smallest absolute Gasteiger partial charge is 0.262 e. The average Bonchev–Trinajstić information content (AvgIpc) is 3.02. The maximum atomic E-state index is 13.1. The van der Waals surface area contributed by atoms with Crippen LogP contribution in [0.25, 0.3) is 0 Å². The van der Waals surface area contributed by atoms with Crippen molar-refractivity contribution in [2.24, 2.45) is 0 Å². The van der Waals surface area contributed by atoms with E-state index in [-0.39, 0.29) is 12.1 Å². The molecule has 3 aromatic rings. The number of aryl methyl sites for hydroxylation is 1. The van der Waals surface area contributed by atoms with Gasteiger partial charge < -0.3 is 5.32 Å². The summed E-state index contributed by atoms with van der Waals surface area (Å²) in [6, 6.07) is 15.5. The van der Waals surface area contributed by atoms with Crippen molar-refractivity contribution in [1.82, 2.24) is 4.98 Å². The minimum Gasteiger partial charge on any atom is -0.360 e. The van der Waals surface area contributed by atoms with Crippen LogP contribution in [-0.4, -0.2) is 10.9 Å². The number of aromatic nitrogens is 1. The summed E-state index contributed by atoms with van der Waals surface area (Å²) in [6.07, 6.45) is 3.21. The van der Waals surface area contributed by atoms with Gasteiger partial charge in [0.15, 0.2) is 0 Å². The van der Waals surface area contributed by atoms with Crippen LogP contribution in [0.4, 0.5) is 11.4 Å². The van der Waals surface area contributed by atoms with Gasteiger partial charge in [-0.25, -0.2) is 0 Å². The van der Waals surface area contributed by atoms with E-state index in [4.69, 9.17) is 0 Å². The molecular formula is C18H15N3OS. The number of pyridine rings is 1. The number of nitrogens with one attached hydrogen (secondary N) is 1. The van der Waals surface area contributed by atoms with Gasteiger partial charge in [0.2, 0.25) is 0 Å². The molecule has 4 nitrogen and oxygen atoms in total. The number of carbonyl (C=O) groups excluding carboxylic acids is 1. The summed E-state index contributed by atoms with van der Waals surface area (Å²) in [6.45, 7) is 2.07. The molecular weight excluding hydrogens is 306 g/mol. The van der Waals surface area contributed by atoms with Crippen LogP contribution in [0.2, 0.25) is 0 Å². The Kier molecular flexibility index (Phi) is 3.35. The monoisotopic (exact) mass is 321 g/mol. The molecule has 1 N–H and O–H groups in total. The highest BCUT2D eigenvalue weighted by Gasteiger charge is 2.34. The Morgan fingerprint density at radius 2 is 2.00 bits per heavy atom. The van der Waals surface area contributed by atoms with Gasteiger partial charge in [-0.2, -0.15) is 0 Å². The molecule has 1 unspecified atom stereocenters. The molecule has 1 amide bonds. The van der Waals surface area contributed by atoms with Gasteiger partial charge in [-0.1, -0.05) is 12.1 Å². The van der Waals surface area contributed by atoms with Crippen molar-refractivity contribution in [2.75, 3.05) is 10.2 Å². The number of rotatable bonds is 2. The van der Waals surface area contributed by atoms with E-state index >= 15 is 0 Å². The summed E-state index contributed by atoms with van der Waals surface area (Å²) >= 11 is 1.69. The summed E-state index contributed by atoms with van der Waals surface area (Å²) < 4.78 is 0. The van der Waals surface area contributed by atoms with E-state index in [9.17, 15) is 4.79 Å². The first-order valence-corrected chi connectivity index (χ1v) is 8.21. The SMILES string of the molecule is Cc1ccc(C2Nc3ccccc3C(=O)N2c2cccnc2)s1. The van der Waals surface area contributed by atoms with Gasteiger partial charge in [-0.15, -0.1) is 11.3 Å². The number of fused-ring (bicyclic) bond motifs is 1. The van der Waals surface area contributed by atoms with Crippen LogP contribution < -0.4 is 10.2 Å². The highest BCUT2D eigenvalue weighted by atomic mass is 32.1. The second-order valence-electron chi connectivity index (χ2n) is 5.43. The minimum atomic E-state index is -0.222. The van der Waals surface area contributed by atoms with Crippen molar-refractivity contribution < 1.29 is 4.79 Å². The van der Waals surface area contributed by atoms with Gasteiger partial charge in [0, 0.05) is 21.6 Å². The summed E-state index contributed by atoms with van der Waals surface area (Å²) in [4.78, 5) is 21.3. The number of nitrogens with zero attached hydrogens (tertiary/aromatic N) is 2. The number of para-hydroxylation sites is 1. The van der Waals surface area contributed by atoms with Gasteiger partial charge >= 0.3 is 0 Å². The first-order valence-electron chi connectivity index (χ1n) is 7.39. The Balaban J connectivity index is 1.86. The van der Waals surface area contributed by atoms with Crippen LogP contribution in [0.1, 0.15) is 26.3 Å². The van der Waals surface area contributed by atoms with Crippen LogP contribution >= 0.6 is 11.3 Å². The lowest BCUT2D eigenvalue weighted by molar-refractivity contribution is 0.0975. The van der Waals surface area contributed by atoms with Crippen LogP contribution in [0.15, 0.2) is 60.9 Å². The molecule has 1 aliphatic rings. The maximum absolute atomic E-state index is 13.1. The number of anilines is 2. The van der Waals surface area contributed by atoms with Crippen molar-refractivity contribution in [3.63, 3.8) is 0 Å². The zero-order valence-electron chi connectivity index (χ0n) is 12.6. The number of thiophene rings is 1. The van der Waals surface area contributed by atoms with Crippen molar-refractivity contribution >= 4 is 28.6 Å². The molecule has 1 atom stereocenters. The molecule has 0 aliphatic carbocycles. The van der Waals surface area contributed by atoms with E-state index in [1.807, 2.05) is 36.4 Å². The number of amides is 1. The lowest BCUT2D eigenvalue weighted by atomic mass is 10.1. The summed E-state index contributed by atoms with van der Waals surface area (Å²) in [7, 11) is 0. The van der Waals surface area contributed by atoms with E-state index < -0.39 is 0 Å². The molecule has 4 rings (SSSR count). The van der Waals surface area contributed by atoms with Crippen molar-refractivity contribution in [2.45, 2.75) is 13.1 Å². The predicted octanol–water partition coefficient (Wildman–Crippen LogP) is 4.22. The van der Waals surface area contributed by atoms with Crippen LogP contribution in [0, 0.1) is 6.92 Å². The van der Waals surface area contributed by atoms with Crippen molar-refractivity contribution in [3.05, 3.63) is 76.2 Å². The third-order valence-corrected chi connectivity index (χ3v) is 4.93. The fourth-order valence-corrected chi connectivity index (χ4v) is 3.74. The molecule has 0 radical (unpaired) electrons. The zero-order chi connectivity index (χ0) is 15.8. The molecule has 0 bridgehead atoms. The lowest BCUT2D eigenvalue weighted by Gasteiger charge is -2.37. The van der Waals surface area contributed by atoms with Crippen LogP contribution in [0.5, 0.6) is 0 Å². The highest BCUT2D eigenvalue weighted by molar-refractivity contribution is 7.12. The molecule has 3 heterocycles. The van der Waals surface area contributed by atoms with Crippen molar-refractivity contribution in [3.8, 4) is 0 Å². The molecule has 2 aromatic heterocycles. The number of hydrogen-bond acceptors (Lipinski definition) is 4. The fraction of sp³-hybridized carbons (Fsp3) is 0.111. The standard InChI is InChI=1S/C18H15N3OS/c1-12-8-9-16(23-12)17-20-15-7-3-2-6-14(15)18(22)21(17)13-5-4-10-19-11-13/h2-11,17,20H,1H3. The third-order valence-electron chi connectivity index (χ3n) is 3.88. The predicted molar refractivity (Wildman–Crippen MR) is 92.9 cm³/mol. The normalized spacial score (nSPS) is 16.8. The summed E-state index contributed by atoms with van der Waals surface area (Å²) in [5.41, 5.74) is 2.34. The van der Waals surface area contributed by atoms with E-state index in [1.165, 1.54) is 4.88 Å². The molecule has 0 saturated carbocycles. The summed E-state index contributed by atoms with van der Waals surface area (Å²) in [5.74, 6) is -0.0107. The maximum Gasteiger partial charge on any atom is 0.262 e. The fourth-order valence-electron chi connectivity index (χ4n) is 2.82. The lowest BCUT2D eigenvalue weighted by Crippen LogP contribution is -2.42. The largest absolute Gasteiger partial charge is 0.360 e. The van der Waals surface area contributed by atoms with Crippen LogP contribution in [0.3, 0.4) is 0 Å². The molecule has 0 spiro atoms. The molecule has 114 valence electrons. The Morgan fingerprint density at radius 3 is 2.74 bits per heavy atom. The number of benzene rings is 1. The number of hydrogen-bond donors (Lipinski definition) is 1. The minimum absolute atomic E-state index is 0.0107. The Morgan fingerprint density at radius 1 is 1.13 bits per heavy atom. The summed E-state index contributed by atoms with van der Waals surface area (Å²) in [5, 5.41) is 3.49. The van der Waals surface area contributed by atoms with E-state index in [0.29, 0.717) is 5.56 Å². The topological polar surface area (TPSA) is 45.2 Å².